The molecule has 2 aromatic carbocycles. The van der Waals surface area contributed by atoms with Gasteiger partial charge < -0.3 is 31.2 Å². The molecule has 0 bridgehead atoms. The summed E-state index contributed by atoms with van der Waals surface area (Å²) in [5, 5.41) is 12.9. The summed E-state index contributed by atoms with van der Waals surface area (Å²) in [5.74, 6) is -0.107. The van der Waals surface area contributed by atoms with Gasteiger partial charge in [0.05, 0.1) is 11.0 Å². The fraction of sp³-hybridized carbons (Fsp3) is 0.0645. The number of rotatable bonds is 9. The molecule has 11 heteroatoms. The third kappa shape index (κ3) is 5.86. The van der Waals surface area contributed by atoms with Gasteiger partial charge in [-0.2, -0.15) is 0 Å². The maximum atomic E-state index is 12.9. The van der Waals surface area contributed by atoms with Gasteiger partial charge in [0.15, 0.2) is 0 Å². The molecule has 11 nitrogen and oxygen atoms in total. The van der Waals surface area contributed by atoms with Crippen LogP contribution in [0.4, 0.5) is 23.0 Å². The predicted octanol–water partition coefficient (Wildman–Crippen LogP) is 5.21. The summed E-state index contributed by atoms with van der Waals surface area (Å²) < 4.78 is 0. The number of amides is 2. The van der Waals surface area contributed by atoms with Crippen molar-refractivity contribution in [3.8, 4) is 11.3 Å². The van der Waals surface area contributed by atoms with Crippen molar-refractivity contribution in [3.63, 3.8) is 0 Å². The van der Waals surface area contributed by atoms with Crippen LogP contribution in [0.25, 0.3) is 33.3 Å². The summed E-state index contributed by atoms with van der Waals surface area (Å²) >= 11 is 0. The number of H-pyrrole nitrogens is 2. The quantitative estimate of drug-likeness (QED) is 0.133. The first-order chi connectivity index (χ1) is 20.6. The molecule has 0 saturated carbocycles. The second-order valence-corrected chi connectivity index (χ2v) is 9.46. The minimum Gasteiger partial charge on any atom is -0.358 e. The van der Waals surface area contributed by atoms with Gasteiger partial charge in [-0.05, 0) is 67.7 Å². The van der Waals surface area contributed by atoms with Gasteiger partial charge in [0, 0.05) is 64.8 Å². The lowest BCUT2D eigenvalue weighted by atomic mass is 10.1. The largest absolute Gasteiger partial charge is 0.358 e. The molecule has 0 spiro atoms. The van der Waals surface area contributed by atoms with Gasteiger partial charge >= 0.3 is 0 Å². The Morgan fingerprint density at radius 1 is 0.881 bits per heavy atom. The highest BCUT2D eigenvalue weighted by atomic mass is 16.2. The van der Waals surface area contributed by atoms with E-state index in [9.17, 15) is 9.59 Å². The summed E-state index contributed by atoms with van der Waals surface area (Å²) in [4.78, 5) is 45.2. The molecule has 2 amide bonds. The molecule has 0 fully saturated rings. The van der Waals surface area contributed by atoms with Crippen molar-refractivity contribution in [2.45, 2.75) is 0 Å². The van der Waals surface area contributed by atoms with Crippen molar-refractivity contribution in [2.75, 3.05) is 29.5 Å². The highest BCUT2D eigenvalue weighted by Crippen LogP contribution is 2.29. The van der Waals surface area contributed by atoms with Gasteiger partial charge in [-0.25, -0.2) is 15.0 Å². The molecular formula is C31H27N9O2. The Hall–Kier alpha value is -5.81. The molecule has 0 unspecified atom stereocenters. The van der Waals surface area contributed by atoms with Gasteiger partial charge in [-0.3, -0.25) is 9.59 Å². The Morgan fingerprint density at radius 2 is 1.71 bits per heavy atom. The number of hydrogen-bond donors (Lipinski definition) is 6. The van der Waals surface area contributed by atoms with Gasteiger partial charge in [0.1, 0.15) is 11.3 Å². The first kappa shape index (κ1) is 26.4. The van der Waals surface area contributed by atoms with Crippen LogP contribution in [0.3, 0.4) is 0 Å². The van der Waals surface area contributed by atoms with Crippen LogP contribution in [0.2, 0.25) is 0 Å². The molecule has 6 N–H and O–H groups in total. The van der Waals surface area contributed by atoms with E-state index in [1.165, 1.54) is 6.08 Å². The number of anilines is 4. The molecular weight excluding hydrogens is 530 g/mol. The zero-order chi connectivity index (χ0) is 28.9. The second-order valence-electron chi connectivity index (χ2n) is 9.46. The van der Waals surface area contributed by atoms with Gasteiger partial charge in [0.2, 0.25) is 11.9 Å². The van der Waals surface area contributed by atoms with E-state index in [4.69, 9.17) is 4.98 Å². The SMILES string of the molecule is CNC/C=C/C(=O)Nc1ccc(C(=O)Nc2cccc(Nc3nc(-c4cnc5[nH]ccc5c4)c4[nH]ccc4n3)c2)cc1. The fourth-order valence-corrected chi connectivity index (χ4v) is 4.46. The van der Waals surface area contributed by atoms with Crippen LogP contribution in [0, 0.1) is 0 Å². The number of hydrogen-bond acceptors (Lipinski definition) is 7. The number of nitrogens with zero attached hydrogens (tertiary/aromatic N) is 3. The van der Waals surface area contributed by atoms with Crippen molar-refractivity contribution < 1.29 is 9.59 Å². The topological polar surface area (TPSA) is 153 Å². The highest BCUT2D eigenvalue weighted by molar-refractivity contribution is 6.05. The van der Waals surface area contributed by atoms with Crippen molar-refractivity contribution in [1.29, 1.82) is 0 Å². The molecule has 0 radical (unpaired) electrons. The maximum absolute atomic E-state index is 12.9. The van der Waals surface area contributed by atoms with E-state index in [2.05, 4.69) is 41.2 Å². The summed E-state index contributed by atoms with van der Waals surface area (Å²) in [7, 11) is 1.80. The molecule has 0 saturated heterocycles. The van der Waals surface area contributed by atoms with Gasteiger partial charge in [-0.15, -0.1) is 0 Å². The average molecular weight is 558 g/mol. The standard InChI is InChI=1S/C31H27N9O2/c1-32-13-3-6-26(41)36-22-9-7-19(8-10-22)30(42)37-23-4-2-5-24(17-23)38-31-39-25-12-15-33-28(25)27(40-31)21-16-20-11-14-34-29(20)35-18-21/h2-12,14-18,32-33H,13H2,1H3,(H,34,35)(H,36,41)(H,37,42)(H,38,39,40)/b6-3+. The molecule has 0 aliphatic carbocycles. The zero-order valence-corrected chi connectivity index (χ0v) is 22.6. The Balaban J connectivity index is 1.16. The molecule has 6 rings (SSSR count). The summed E-state index contributed by atoms with van der Waals surface area (Å²) in [6.07, 6.45) is 8.65. The van der Waals surface area contributed by atoms with Crippen LogP contribution in [0.5, 0.6) is 0 Å². The van der Waals surface area contributed by atoms with Crippen LogP contribution in [-0.4, -0.2) is 50.3 Å². The summed E-state index contributed by atoms with van der Waals surface area (Å²) in [6, 6.07) is 19.9. The number of carbonyl (C=O) groups is 2. The Kier molecular flexibility index (Phi) is 7.38. The van der Waals surface area contributed by atoms with Crippen LogP contribution in [0.1, 0.15) is 10.4 Å². The number of benzene rings is 2. The smallest absolute Gasteiger partial charge is 0.255 e. The van der Waals surface area contributed by atoms with E-state index in [0.29, 0.717) is 35.1 Å². The molecule has 0 aliphatic rings. The number of fused-ring (bicyclic) bond motifs is 2. The summed E-state index contributed by atoms with van der Waals surface area (Å²) in [5.41, 5.74) is 6.32. The molecule has 0 aliphatic heterocycles. The van der Waals surface area contributed by atoms with Gasteiger partial charge in [0.25, 0.3) is 5.91 Å². The summed E-state index contributed by atoms with van der Waals surface area (Å²) in [6.45, 7) is 0.600. The predicted molar refractivity (Wildman–Crippen MR) is 165 cm³/mol. The Bertz CT molecular complexity index is 1920. The number of aromatic nitrogens is 5. The van der Waals surface area contributed by atoms with Crippen molar-refractivity contribution in [2.24, 2.45) is 0 Å². The number of nitrogens with one attached hydrogen (secondary N) is 6. The third-order valence-corrected chi connectivity index (χ3v) is 6.46. The second kappa shape index (κ2) is 11.7. The average Bonchev–Trinajstić information content (AvgIpc) is 3.67. The molecule has 42 heavy (non-hydrogen) atoms. The Labute approximate surface area is 240 Å². The minimum atomic E-state index is -0.279. The van der Waals surface area contributed by atoms with Crippen molar-refractivity contribution in [1.82, 2.24) is 30.2 Å². The molecule has 4 heterocycles. The van der Waals surface area contributed by atoms with E-state index < -0.39 is 0 Å². The maximum Gasteiger partial charge on any atom is 0.255 e. The lowest BCUT2D eigenvalue weighted by molar-refractivity contribution is -0.111. The molecule has 6 aromatic rings. The molecule has 4 aromatic heterocycles. The van der Waals surface area contributed by atoms with Crippen LogP contribution in [-0.2, 0) is 4.79 Å². The fourth-order valence-electron chi connectivity index (χ4n) is 4.46. The number of aromatic amines is 2. The van der Waals surface area contributed by atoms with E-state index in [1.54, 1.807) is 49.7 Å². The van der Waals surface area contributed by atoms with E-state index in [1.807, 2.05) is 48.8 Å². The first-order valence-corrected chi connectivity index (χ1v) is 13.2. The highest BCUT2D eigenvalue weighted by Gasteiger charge is 2.13. The lowest BCUT2D eigenvalue weighted by Gasteiger charge is -2.11. The van der Waals surface area contributed by atoms with Crippen molar-refractivity contribution >= 4 is 56.9 Å². The van der Waals surface area contributed by atoms with Gasteiger partial charge in [-0.1, -0.05) is 12.1 Å². The number of pyridine rings is 1. The molecule has 0 atom stereocenters. The van der Waals surface area contributed by atoms with Crippen molar-refractivity contribution in [3.05, 3.63) is 103 Å². The molecule has 208 valence electrons. The normalized spacial score (nSPS) is 11.3. The lowest BCUT2D eigenvalue weighted by Crippen LogP contribution is -2.13. The van der Waals surface area contributed by atoms with Crippen LogP contribution < -0.4 is 21.3 Å². The monoisotopic (exact) mass is 557 g/mol. The minimum absolute atomic E-state index is 0.239. The first-order valence-electron chi connectivity index (χ1n) is 13.2. The third-order valence-electron chi connectivity index (χ3n) is 6.46. The van der Waals surface area contributed by atoms with Crippen LogP contribution >= 0.6 is 0 Å². The van der Waals surface area contributed by atoms with E-state index >= 15 is 0 Å². The van der Waals surface area contributed by atoms with Crippen LogP contribution in [0.15, 0.2) is 97.5 Å². The Morgan fingerprint density at radius 3 is 2.57 bits per heavy atom. The van der Waals surface area contributed by atoms with E-state index in [-0.39, 0.29) is 11.8 Å². The number of likely N-dealkylation sites (N-methyl/N-ethyl adjacent to an activating group) is 1. The van der Waals surface area contributed by atoms with E-state index in [0.717, 1.165) is 33.3 Å². The number of carbonyl (C=O) groups excluding carboxylic acids is 2. The zero-order valence-electron chi connectivity index (χ0n) is 22.6.